The van der Waals surface area contributed by atoms with Crippen LogP contribution in [0.4, 0.5) is 5.69 Å². The fourth-order valence-corrected chi connectivity index (χ4v) is 4.48. The molecule has 0 fully saturated rings. The first kappa shape index (κ1) is 21.9. The number of rotatable bonds is 6. The fraction of sp³-hybridized carbons (Fsp3) is 0.174. The smallest absolute Gasteiger partial charge is 0.264 e. The molecule has 0 saturated heterocycles. The summed E-state index contributed by atoms with van der Waals surface area (Å²) in [4.78, 5) is 12.8. The molecule has 7 heteroatoms. The predicted octanol–water partition coefficient (Wildman–Crippen LogP) is 4.96. The third-order valence-corrected chi connectivity index (χ3v) is 7.02. The SMILES string of the molecule is Cc1ccccc1[C@H](C)NC(=O)c1ccc(N(C)S(=O)(=O)c2ccc(Cl)cc2)cc1. The van der Waals surface area contributed by atoms with Gasteiger partial charge in [-0.2, -0.15) is 0 Å². The molecule has 156 valence electrons. The Morgan fingerprint density at radius 3 is 2.17 bits per heavy atom. The van der Waals surface area contributed by atoms with Crippen LogP contribution in [0, 0.1) is 6.92 Å². The van der Waals surface area contributed by atoms with E-state index in [-0.39, 0.29) is 16.8 Å². The molecule has 3 aromatic rings. The second-order valence-electron chi connectivity index (χ2n) is 7.03. The molecule has 0 aromatic heterocycles. The van der Waals surface area contributed by atoms with E-state index in [1.165, 1.54) is 35.6 Å². The van der Waals surface area contributed by atoms with Gasteiger partial charge in [-0.3, -0.25) is 9.10 Å². The van der Waals surface area contributed by atoms with Crippen LogP contribution in [-0.4, -0.2) is 21.4 Å². The molecule has 0 aliphatic rings. The number of hydrogen-bond acceptors (Lipinski definition) is 3. The van der Waals surface area contributed by atoms with Gasteiger partial charge in [0.15, 0.2) is 0 Å². The van der Waals surface area contributed by atoms with Crippen LogP contribution in [0.3, 0.4) is 0 Å². The van der Waals surface area contributed by atoms with E-state index >= 15 is 0 Å². The first-order chi connectivity index (χ1) is 14.2. The summed E-state index contributed by atoms with van der Waals surface area (Å²) in [5.41, 5.74) is 3.07. The number of nitrogens with zero attached hydrogens (tertiary/aromatic N) is 1. The van der Waals surface area contributed by atoms with Gasteiger partial charge in [0.25, 0.3) is 15.9 Å². The van der Waals surface area contributed by atoms with E-state index in [0.29, 0.717) is 16.3 Å². The maximum absolute atomic E-state index is 12.8. The maximum atomic E-state index is 12.8. The van der Waals surface area contributed by atoms with Crippen molar-refractivity contribution in [3.8, 4) is 0 Å². The largest absolute Gasteiger partial charge is 0.346 e. The molecule has 0 unspecified atom stereocenters. The lowest BCUT2D eigenvalue weighted by Gasteiger charge is -2.20. The van der Waals surface area contributed by atoms with Gasteiger partial charge in [0.2, 0.25) is 0 Å². The average molecular weight is 443 g/mol. The molecule has 5 nitrogen and oxygen atoms in total. The highest BCUT2D eigenvalue weighted by molar-refractivity contribution is 7.92. The zero-order chi connectivity index (χ0) is 21.9. The Balaban J connectivity index is 1.74. The summed E-state index contributed by atoms with van der Waals surface area (Å²) in [5.74, 6) is -0.222. The second kappa shape index (κ2) is 8.90. The van der Waals surface area contributed by atoms with Crippen molar-refractivity contribution in [1.29, 1.82) is 0 Å². The van der Waals surface area contributed by atoms with Crippen molar-refractivity contribution in [2.75, 3.05) is 11.4 Å². The Bertz CT molecular complexity index is 1140. The molecule has 3 aromatic carbocycles. The number of benzene rings is 3. The third-order valence-electron chi connectivity index (χ3n) is 4.97. The summed E-state index contributed by atoms with van der Waals surface area (Å²) >= 11 is 5.84. The molecule has 1 atom stereocenters. The van der Waals surface area contributed by atoms with Crippen LogP contribution in [0.1, 0.15) is 34.5 Å². The first-order valence-corrected chi connectivity index (χ1v) is 11.2. The predicted molar refractivity (Wildman–Crippen MR) is 121 cm³/mol. The van der Waals surface area contributed by atoms with Gasteiger partial charge in [-0.25, -0.2) is 8.42 Å². The molecule has 0 aliphatic heterocycles. The van der Waals surface area contributed by atoms with Gasteiger partial charge in [0.1, 0.15) is 0 Å². The van der Waals surface area contributed by atoms with Crippen molar-refractivity contribution < 1.29 is 13.2 Å². The average Bonchev–Trinajstić information content (AvgIpc) is 2.73. The van der Waals surface area contributed by atoms with Crippen molar-refractivity contribution in [2.24, 2.45) is 0 Å². The van der Waals surface area contributed by atoms with Crippen LogP contribution in [0.25, 0.3) is 0 Å². The molecule has 0 spiro atoms. The van der Waals surface area contributed by atoms with Crippen LogP contribution in [-0.2, 0) is 10.0 Å². The lowest BCUT2D eigenvalue weighted by atomic mass is 10.0. The van der Waals surface area contributed by atoms with Crippen molar-refractivity contribution >= 4 is 33.2 Å². The summed E-state index contributed by atoms with van der Waals surface area (Å²) in [6.45, 7) is 3.94. The lowest BCUT2D eigenvalue weighted by molar-refractivity contribution is 0.0940. The van der Waals surface area contributed by atoms with Crippen LogP contribution in [0.5, 0.6) is 0 Å². The number of halogens is 1. The van der Waals surface area contributed by atoms with E-state index in [1.807, 2.05) is 38.1 Å². The van der Waals surface area contributed by atoms with Gasteiger partial charge < -0.3 is 5.32 Å². The summed E-state index contributed by atoms with van der Waals surface area (Å²) in [6, 6.07) is 20.2. The topological polar surface area (TPSA) is 66.5 Å². The van der Waals surface area contributed by atoms with Crippen molar-refractivity contribution in [2.45, 2.75) is 24.8 Å². The first-order valence-electron chi connectivity index (χ1n) is 9.41. The van der Waals surface area contributed by atoms with Gasteiger partial charge in [-0.05, 0) is 73.5 Å². The van der Waals surface area contributed by atoms with Gasteiger partial charge in [0.05, 0.1) is 16.6 Å². The Labute approximate surface area is 182 Å². The van der Waals surface area contributed by atoms with Crippen LogP contribution in [0.15, 0.2) is 77.7 Å². The van der Waals surface area contributed by atoms with Gasteiger partial charge in [-0.15, -0.1) is 0 Å². The highest BCUT2D eigenvalue weighted by Gasteiger charge is 2.21. The van der Waals surface area contributed by atoms with E-state index in [1.54, 1.807) is 24.3 Å². The number of nitrogens with one attached hydrogen (secondary N) is 1. The minimum atomic E-state index is -3.73. The van der Waals surface area contributed by atoms with Gasteiger partial charge >= 0.3 is 0 Å². The van der Waals surface area contributed by atoms with E-state index in [2.05, 4.69) is 5.32 Å². The van der Waals surface area contributed by atoms with Crippen LogP contribution < -0.4 is 9.62 Å². The summed E-state index contributed by atoms with van der Waals surface area (Å²) in [6.07, 6.45) is 0. The summed E-state index contributed by atoms with van der Waals surface area (Å²) in [5, 5.41) is 3.44. The molecule has 0 bridgehead atoms. The Hall–Kier alpha value is -2.83. The highest BCUT2D eigenvalue weighted by atomic mass is 35.5. The Morgan fingerprint density at radius 2 is 1.57 bits per heavy atom. The van der Waals surface area contributed by atoms with E-state index in [0.717, 1.165) is 11.1 Å². The zero-order valence-corrected chi connectivity index (χ0v) is 18.5. The number of carbonyl (C=O) groups excluding carboxylic acids is 1. The summed E-state index contributed by atoms with van der Waals surface area (Å²) < 4.78 is 26.8. The number of carbonyl (C=O) groups is 1. The molecule has 30 heavy (non-hydrogen) atoms. The number of anilines is 1. The molecule has 0 saturated carbocycles. The van der Waals surface area contributed by atoms with Crippen LogP contribution >= 0.6 is 11.6 Å². The minimum Gasteiger partial charge on any atom is -0.346 e. The fourth-order valence-electron chi connectivity index (χ4n) is 3.16. The highest BCUT2D eigenvalue weighted by Crippen LogP contribution is 2.24. The molecular formula is C23H23ClN2O3S. The minimum absolute atomic E-state index is 0.142. The quantitative estimate of drug-likeness (QED) is 0.586. The molecule has 1 N–H and O–H groups in total. The van der Waals surface area contributed by atoms with Gasteiger partial charge in [-0.1, -0.05) is 35.9 Å². The summed E-state index contributed by atoms with van der Waals surface area (Å²) in [7, 11) is -2.26. The van der Waals surface area contributed by atoms with Crippen LogP contribution in [0.2, 0.25) is 5.02 Å². The maximum Gasteiger partial charge on any atom is 0.264 e. The van der Waals surface area contributed by atoms with E-state index in [4.69, 9.17) is 11.6 Å². The molecule has 3 rings (SSSR count). The van der Waals surface area contributed by atoms with Crippen molar-refractivity contribution in [3.63, 3.8) is 0 Å². The van der Waals surface area contributed by atoms with Crippen molar-refractivity contribution in [3.05, 3.63) is 94.5 Å². The Morgan fingerprint density at radius 1 is 0.967 bits per heavy atom. The van der Waals surface area contributed by atoms with Crippen molar-refractivity contribution in [1.82, 2.24) is 5.32 Å². The number of amides is 1. The Kier molecular flexibility index (Phi) is 6.48. The number of hydrogen-bond donors (Lipinski definition) is 1. The monoisotopic (exact) mass is 442 g/mol. The van der Waals surface area contributed by atoms with E-state index in [9.17, 15) is 13.2 Å². The molecular weight excluding hydrogens is 420 g/mol. The number of aryl methyl sites for hydroxylation is 1. The van der Waals surface area contributed by atoms with E-state index < -0.39 is 10.0 Å². The molecule has 1 amide bonds. The normalized spacial score (nSPS) is 12.3. The number of sulfonamides is 1. The third kappa shape index (κ3) is 4.66. The zero-order valence-electron chi connectivity index (χ0n) is 17.0. The molecule has 0 aliphatic carbocycles. The second-order valence-corrected chi connectivity index (χ2v) is 9.43. The molecule has 0 heterocycles. The lowest BCUT2D eigenvalue weighted by Crippen LogP contribution is -2.28. The molecule has 0 radical (unpaired) electrons. The standard InChI is InChI=1S/C23H23ClN2O3S/c1-16-6-4-5-7-22(16)17(2)25-23(27)18-8-12-20(13-9-18)26(3)30(28,29)21-14-10-19(24)11-15-21/h4-15,17H,1-3H3,(H,25,27)/t17-/m0/s1. The van der Waals surface area contributed by atoms with Gasteiger partial charge in [0, 0.05) is 17.6 Å².